The van der Waals surface area contributed by atoms with Gasteiger partial charge in [0, 0.05) is 12.6 Å². The molecule has 0 aliphatic rings. The van der Waals surface area contributed by atoms with Crippen molar-refractivity contribution in [2.45, 2.75) is 19.9 Å². The van der Waals surface area contributed by atoms with E-state index in [-0.39, 0.29) is 30.9 Å². The normalized spacial score (nSPS) is 11.1. The van der Waals surface area contributed by atoms with Crippen molar-refractivity contribution in [2.75, 3.05) is 6.54 Å². The third-order valence-corrected chi connectivity index (χ3v) is 2.30. The molecule has 0 aromatic heterocycles. The Hall–Kier alpha value is -0.280. The summed E-state index contributed by atoms with van der Waals surface area (Å²) in [7, 11) is 0. The quantitative estimate of drug-likeness (QED) is 0.827. The maximum Gasteiger partial charge on any atom is 0.0422 e. The van der Waals surface area contributed by atoms with Crippen LogP contribution in [0, 0.1) is 13.8 Å². The first-order chi connectivity index (χ1) is 5.66. The van der Waals surface area contributed by atoms with Crippen LogP contribution in [0.4, 0.5) is 0 Å². The molecule has 1 aromatic rings. The SMILES string of the molecule is Cc1cccc([C@H](N)CN)c1C.Cl.Cl. The minimum absolute atomic E-state index is 0. The van der Waals surface area contributed by atoms with E-state index in [1.807, 2.05) is 12.1 Å². The van der Waals surface area contributed by atoms with E-state index in [4.69, 9.17) is 11.5 Å². The van der Waals surface area contributed by atoms with E-state index < -0.39 is 0 Å². The predicted octanol–water partition coefficient (Wildman–Crippen LogP) is 2.11. The first kappa shape index (κ1) is 16.2. The second-order valence-corrected chi connectivity index (χ2v) is 3.13. The number of rotatable bonds is 2. The van der Waals surface area contributed by atoms with Crippen LogP contribution in [0.5, 0.6) is 0 Å². The van der Waals surface area contributed by atoms with Crippen molar-refractivity contribution in [1.29, 1.82) is 0 Å². The Balaban J connectivity index is 0. The van der Waals surface area contributed by atoms with Crippen molar-refractivity contribution in [3.05, 3.63) is 34.9 Å². The zero-order valence-electron chi connectivity index (χ0n) is 8.49. The minimum Gasteiger partial charge on any atom is -0.329 e. The van der Waals surface area contributed by atoms with Crippen molar-refractivity contribution < 1.29 is 0 Å². The van der Waals surface area contributed by atoms with Crippen LogP contribution in [0.2, 0.25) is 0 Å². The molecule has 0 fully saturated rings. The van der Waals surface area contributed by atoms with Crippen LogP contribution >= 0.6 is 24.8 Å². The minimum atomic E-state index is -0.0232. The number of hydrogen-bond donors (Lipinski definition) is 2. The highest BCUT2D eigenvalue weighted by Gasteiger charge is 2.06. The second kappa shape index (κ2) is 7.07. The van der Waals surface area contributed by atoms with Crippen molar-refractivity contribution in [1.82, 2.24) is 0 Å². The molecule has 0 heterocycles. The van der Waals surface area contributed by atoms with Crippen LogP contribution in [0.25, 0.3) is 0 Å². The predicted molar refractivity (Wildman–Crippen MR) is 66.4 cm³/mol. The van der Waals surface area contributed by atoms with Gasteiger partial charge in [0.1, 0.15) is 0 Å². The van der Waals surface area contributed by atoms with Crippen LogP contribution in [-0.4, -0.2) is 6.54 Å². The van der Waals surface area contributed by atoms with Crippen LogP contribution in [0.15, 0.2) is 18.2 Å². The Morgan fingerprint density at radius 1 is 1.21 bits per heavy atom. The third-order valence-electron chi connectivity index (χ3n) is 2.30. The molecule has 0 saturated carbocycles. The van der Waals surface area contributed by atoms with Crippen molar-refractivity contribution in [2.24, 2.45) is 11.5 Å². The number of aryl methyl sites for hydroxylation is 1. The summed E-state index contributed by atoms with van der Waals surface area (Å²) in [6.45, 7) is 4.67. The van der Waals surface area contributed by atoms with E-state index >= 15 is 0 Å². The summed E-state index contributed by atoms with van der Waals surface area (Å²) in [6, 6.07) is 6.12. The van der Waals surface area contributed by atoms with E-state index in [1.54, 1.807) is 0 Å². The van der Waals surface area contributed by atoms with Crippen molar-refractivity contribution >= 4 is 24.8 Å². The molecule has 0 bridgehead atoms. The molecule has 0 unspecified atom stereocenters. The molecule has 4 N–H and O–H groups in total. The zero-order chi connectivity index (χ0) is 9.14. The number of benzene rings is 1. The summed E-state index contributed by atoms with van der Waals surface area (Å²) in [4.78, 5) is 0. The molecule has 0 saturated heterocycles. The molecule has 0 aliphatic carbocycles. The monoisotopic (exact) mass is 236 g/mol. The number of hydrogen-bond acceptors (Lipinski definition) is 2. The van der Waals surface area contributed by atoms with Gasteiger partial charge in [-0.3, -0.25) is 0 Å². The fourth-order valence-corrected chi connectivity index (χ4v) is 1.30. The second-order valence-electron chi connectivity index (χ2n) is 3.13. The fourth-order valence-electron chi connectivity index (χ4n) is 1.30. The van der Waals surface area contributed by atoms with Crippen LogP contribution in [0.1, 0.15) is 22.7 Å². The number of nitrogens with two attached hydrogens (primary N) is 2. The van der Waals surface area contributed by atoms with Gasteiger partial charge >= 0.3 is 0 Å². The van der Waals surface area contributed by atoms with E-state index in [9.17, 15) is 0 Å². The molecule has 82 valence electrons. The van der Waals surface area contributed by atoms with Gasteiger partial charge in [-0.1, -0.05) is 18.2 Å². The van der Waals surface area contributed by atoms with E-state index in [1.165, 1.54) is 11.1 Å². The lowest BCUT2D eigenvalue weighted by molar-refractivity contribution is 0.730. The van der Waals surface area contributed by atoms with E-state index in [0.29, 0.717) is 6.54 Å². The summed E-state index contributed by atoms with van der Waals surface area (Å²) in [5.74, 6) is 0. The van der Waals surface area contributed by atoms with Gasteiger partial charge in [-0.2, -0.15) is 0 Å². The first-order valence-corrected chi connectivity index (χ1v) is 4.18. The Morgan fingerprint density at radius 2 is 1.79 bits per heavy atom. The van der Waals surface area contributed by atoms with Crippen LogP contribution in [-0.2, 0) is 0 Å². The Labute approximate surface area is 97.9 Å². The van der Waals surface area contributed by atoms with Gasteiger partial charge in [-0.25, -0.2) is 0 Å². The highest BCUT2D eigenvalue weighted by molar-refractivity contribution is 5.85. The van der Waals surface area contributed by atoms with Crippen molar-refractivity contribution in [3.63, 3.8) is 0 Å². The first-order valence-electron chi connectivity index (χ1n) is 4.18. The molecule has 0 amide bonds. The molecule has 2 nitrogen and oxygen atoms in total. The molecule has 0 aliphatic heterocycles. The smallest absolute Gasteiger partial charge is 0.0422 e. The molecular weight excluding hydrogens is 219 g/mol. The molecule has 1 atom stereocenters. The maximum absolute atomic E-state index is 5.84. The largest absolute Gasteiger partial charge is 0.329 e. The van der Waals surface area contributed by atoms with E-state index in [0.717, 1.165) is 5.56 Å². The van der Waals surface area contributed by atoms with Gasteiger partial charge in [-0.15, -0.1) is 24.8 Å². The molecule has 1 rings (SSSR count). The Kier molecular flexibility index (Phi) is 8.16. The van der Waals surface area contributed by atoms with Gasteiger partial charge < -0.3 is 11.5 Å². The summed E-state index contributed by atoms with van der Waals surface area (Å²) < 4.78 is 0. The molecule has 0 radical (unpaired) electrons. The Morgan fingerprint density at radius 3 is 2.29 bits per heavy atom. The van der Waals surface area contributed by atoms with Gasteiger partial charge in [0.05, 0.1) is 0 Å². The van der Waals surface area contributed by atoms with E-state index in [2.05, 4.69) is 19.9 Å². The summed E-state index contributed by atoms with van der Waals surface area (Å²) in [5.41, 5.74) is 15.0. The third kappa shape index (κ3) is 3.46. The number of halogens is 2. The average molecular weight is 237 g/mol. The molecule has 14 heavy (non-hydrogen) atoms. The highest BCUT2D eigenvalue weighted by Crippen LogP contribution is 2.17. The van der Waals surface area contributed by atoms with Gasteiger partial charge in [0.15, 0.2) is 0 Å². The summed E-state index contributed by atoms with van der Waals surface area (Å²) in [5, 5.41) is 0. The molecule has 0 spiro atoms. The lowest BCUT2D eigenvalue weighted by atomic mass is 9.98. The van der Waals surface area contributed by atoms with Crippen molar-refractivity contribution in [3.8, 4) is 0 Å². The van der Waals surface area contributed by atoms with Gasteiger partial charge in [-0.05, 0) is 30.5 Å². The topological polar surface area (TPSA) is 52.0 Å². The summed E-state index contributed by atoms with van der Waals surface area (Å²) >= 11 is 0. The highest BCUT2D eigenvalue weighted by atomic mass is 35.5. The molecular formula is C10H18Cl2N2. The molecule has 4 heteroatoms. The van der Waals surface area contributed by atoms with Gasteiger partial charge in [0.25, 0.3) is 0 Å². The standard InChI is InChI=1S/C10H16N2.2ClH/c1-7-4-3-5-9(8(7)2)10(12)6-11;;/h3-5,10H,6,11-12H2,1-2H3;2*1H/t10-;;/m1../s1. The molecule has 1 aromatic carbocycles. The average Bonchev–Trinajstić information content (AvgIpc) is 2.08. The fraction of sp³-hybridized carbons (Fsp3) is 0.400. The van der Waals surface area contributed by atoms with Gasteiger partial charge in [0.2, 0.25) is 0 Å². The lowest BCUT2D eigenvalue weighted by Gasteiger charge is -2.13. The Bertz CT molecular complexity index is 277. The lowest BCUT2D eigenvalue weighted by Crippen LogP contribution is -2.21. The zero-order valence-corrected chi connectivity index (χ0v) is 10.1. The maximum atomic E-state index is 5.84. The van der Waals surface area contributed by atoms with Crippen LogP contribution < -0.4 is 11.5 Å². The van der Waals surface area contributed by atoms with Crippen LogP contribution in [0.3, 0.4) is 0 Å². The summed E-state index contributed by atoms with van der Waals surface area (Å²) in [6.07, 6.45) is 0.